The normalized spacial score (nSPS) is 10.4. The van der Waals surface area contributed by atoms with E-state index in [0.717, 1.165) is 16.9 Å². The first-order valence-corrected chi connectivity index (χ1v) is 10.3. The van der Waals surface area contributed by atoms with Gasteiger partial charge in [-0.05, 0) is 43.2 Å². The minimum atomic E-state index is -0.710. The number of thiophene rings is 1. The number of carbonyl (C=O) groups is 4. The van der Waals surface area contributed by atoms with Crippen LogP contribution in [0.5, 0.6) is 0 Å². The Bertz CT molecular complexity index is 1030. The van der Waals surface area contributed by atoms with E-state index in [-0.39, 0.29) is 35.2 Å². The summed E-state index contributed by atoms with van der Waals surface area (Å²) in [6, 6.07) is 4.88. The maximum Gasteiger partial charge on any atom is 0.341 e. The van der Waals surface area contributed by atoms with Crippen molar-refractivity contribution in [3.63, 3.8) is 0 Å². The van der Waals surface area contributed by atoms with Crippen LogP contribution < -0.4 is 16.4 Å². The quantitative estimate of drug-likeness (QED) is 0.359. The number of aryl methyl sites for hydroxylation is 1. The molecule has 0 bridgehead atoms. The van der Waals surface area contributed by atoms with Crippen molar-refractivity contribution in [2.24, 2.45) is 5.73 Å². The molecular weight excluding hydrogens is 438 g/mol. The van der Waals surface area contributed by atoms with Crippen LogP contribution in [0.15, 0.2) is 18.2 Å². The Kier molecular flexibility index (Phi) is 8.73. The van der Waals surface area contributed by atoms with Gasteiger partial charge in [-0.25, -0.2) is 9.59 Å². The lowest BCUT2D eigenvalue weighted by Gasteiger charge is -2.11. The van der Waals surface area contributed by atoms with Gasteiger partial charge in [-0.15, -0.1) is 11.3 Å². The van der Waals surface area contributed by atoms with Crippen molar-refractivity contribution in [2.45, 2.75) is 13.8 Å². The number of nitrogens with two attached hydrogens (primary N) is 1. The third-order valence-corrected chi connectivity index (χ3v) is 5.66. The Morgan fingerprint density at radius 3 is 2.38 bits per heavy atom. The van der Waals surface area contributed by atoms with Crippen molar-refractivity contribution >= 4 is 45.8 Å². The van der Waals surface area contributed by atoms with Gasteiger partial charge in [0.2, 0.25) is 5.91 Å². The highest BCUT2D eigenvalue weighted by Gasteiger charge is 2.25. The van der Waals surface area contributed by atoms with Crippen LogP contribution in [0.2, 0.25) is 0 Å². The molecule has 0 saturated heterocycles. The molecule has 0 atom stereocenters. The number of primary amides is 1. The number of carbonyl (C=O) groups excluding carboxylic acids is 4. The lowest BCUT2D eigenvalue weighted by Crippen LogP contribution is -2.23. The number of anilines is 2. The molecular formula is C21H25N3O7S. The van der Waals surface area contributed by atoms with Gasteiger partial charge in [0, 0.05) is 12.8 Å². The number of nitrogens with one attached hydrogen (secondary N) is 2. The molecule has 0 radical (unpaired) electrons. The van der Waals surface area contributed by atoms with Crippen LogP contribution in [0.1, 0.15) is 41.5 Å². The molecule has 10 nitrogen and oxygen atoms in total. The summed E-state index contributed by atoms with van der Waals surface area (Å²) >= 11 is 0.905. The van der Waals surface area contributed by atoms with Gasteiger partial charge in [0.1, 0.15) is 11.6 Å². The lowest BCUT2D eigenvalue weighted by molar-refractivity contribution is -0.114. The first kappa shape index (κ1) is 24.8. The van der Waals surface area contributed by atoms with Gasteiger partial charge in [0.25, 0.3) is 5.91 Å². The molecule has 2 amide bonds. The van der Waals surface area contributed by atoms with E-state index in [1.807, 2.05) is 0 Å². The van der Waals surface area contributed by atoms with Crippen LogP contribution >= 0.6 is 11.3 Å². The highest BCUT2D eigenvalue weighted by atomic mass is 32.1. The van der Waals surface area contributed by atoms with E-state index >= 15 is 0 Å². The summed E-state index contributed by atoms with van der Waals surface area (Å²) in [6.07, 6.45) is 0. The van der Waals surface area contributed by atoms with Gasteiger partial charge in [-0.1, -0.05) is 0 Å². The van der Waals surface area contributed by atoms with E-state index in [0.29, 0.717) is 16.8 Å². The predicted octanol–water partition coefficient (Wildman–Crippen LogP) is 2.10. The maximum absolute atomic E-state index is 12.5. The van der Waals surface area contributed by atoms with E-state index in [1.54, 1.807) is 32.0 Å². The summed E-state index contributed by atoms with van der Waals surface area (Å²) in [6.45, 7) is 3.44. The second kappa shape index (κ2) is 11.3. The zero-order valence-electron chi connectivity index (χ0n) is 18.2. The molecule has 4 N–H and O–H groups in total. The van der Waals surface area contributed by atoms with Crippen LogP contribution in [-0.4, -0.2) is 57.7 Å². The molecule has 1 aromatic carbocycles. The van der Waals surface area contributed by atoms with Gasteiger partial charge in [0.05, 0.1) is 36.3 Å². The fraction of sp³-hybridized carbons (Fsp3) is 0.333. The van der Waals surface area contributed by atoms with Crippen molar-refractivity contribution in [3.8, 4) is 0 Å². The van der Waals surface area contributed by atoms with Crippen molar-refractivity contribution < 1.29 is 33.4 Å². The fourth-order valence-electron chi connectivity index (χ4n) is 2.83. The number of ether oxygens (including phenoxy) is 3. The molecule has 0 aliphatic carbocycles. The summed E-state index contributed by atoms with van der Waals surface area (Å²) in [5, 5.41) is 5.77. The van der Waals surface area contributed by atoms with Crippen LogP contribution in [0.4, 0.5) is 10.7 Å². The summed E-state index contributed by atoms with van der Waals surface area (Å²) in [7, 11) is 2.77. The fourth-order valence-corrected chi connectivity index (χ4v) is 3.89. The molecule has 11 heteroatoms. The standard InChI is InChI=1S/C21H25N3O7S/c1-11-9-13(20(27)30-4)5-6-14(11)23-10-15(25)24-19-16(21(28)31-8-7-29-3)12(2)17(32-19)18(22)26/h5-6,9,23H,7-8,10H2,1-4H3,(H2,22,26)(H,24,25). The smallest absolute Gasteiger partial charge is 0.341 e. The number of amides is 2. The number of esters is 2. The number of methoxy groups -OCH3 is 2. The van der Waals surface area contributed by atoms with E-state index in [1.165, 1.54) is 14.2 Å². The van der Waals surface area contributed by atoms with Gasteiger partial charge in [-0.3, -0.25) is 9.59 Å². The van der Waals surface area contributed by atoms with Crippen molar-refractivity contribution in [3.05, 3.63) is 45.3 Å². The average molecular weight is 464 g/mol. The highest BCUT2D eigenvalue weighted by Crippen LogP contribution is 2.33. The van der Waals surface area contributed by atoms with E-state index in [9.17, 15) is 19.2 Å². The predicted molar refractivity (Wildman–Crippen MR) is 119 cm³/mol. The maximum atomic E-state index is 12.5. The first-order chi connectivity index (χ1) is 15.2. The zero-order valence-corrected chi connectivity index (χ0v) is 19.0. The Morgan fingerprint density at radius 1 is 1.06 bits per heavy atom. The zero-order chi connectivity index (χ0) is 23.8. The van der Waals surface area contributed by atoms with Crippen LogP contribution in [0.3, 0.4) is 0 Å². The third-order valence-electron chi connectivity index (χ3n) is 4.44. The average Bonchev–Trinajstić information content (AvgIpc) is 3.08. The minimum absolute atomic E-state index is 0.0202. The minimum Gasteiger partial charge on any atom is -0.465 e. The van der Waals surface area contributed by atoms with E-state index in [4.69, 9.17) is 15.2 Å². The molecule has 0 saturated carbocycles. The number of hydrogen-bond acceptors (Lipinski definition) is 9. The molecule has 0 fully saturated rings. The number of rotatable bonds is 10. The summed E-state index contributed by atoms with van der Waals surface area (Å²) in [4.78, 5) is 48.5. The summed E-state index contributed by atoms with van der Waals surface area (Å²) in [5.74, 6) is -2.32. The monoisotopic (exact) mass is 463 g/mol. The highest BCUT2D eigenvalue weighted by molar-refractivity contribution is 7.18. The molecule has 1 heterocycles. The molecule has 172 valence electrons. The molecule has 0 unspecified atom stereocenters. The largest absolute Gasteiger partial charge is 0.465 e. The number of hydrogen-bond donors (Lipinski definition) is 3. The molecule has 0 spiro atoms. The van der Waals surface area contributed by atoms with Gasteiger partial charge in [-0.2, -0.15) is 0 Å². The Balaban J connectivity index is 2.13. The molecule has 32 heavy (non-hydrogen) atoms. The van der Waals surface area contributed by atoms with Crippen molar-refractivity contribution in [1.82, 2.24) is 0 Å². The Labute approximate surface area is 189 Å². The molecule has 0 aliphatic rings. The molecule has 1 aromatic heterocycles. The molecule has 0 aliphatic heterocycles. The Hall–Kier alpha value is -3.44. The van der Waals surface area contributed by atoms with Crippen LogP contribution in [0, 0.1) is 13.8 Å². The van der Waals surface area contributed by atoms with Crippen LogP contribution in [0.25, 0.3) is 0 Å². The molecule has 2 aromatic rings. The second-order valence-corrected chi connectivity index (χ2v) is 7.70. The Morgan fingerprint density at radius 2 is 1.78 bits per heavy atom. The van der Waals surface area contributed by atoms with Crippen LogP contribution in [-0.2, 0) is 19.0 Å². The summed E-state index contributed by atoms with van der Waals surface area (Å²) < 4.78 is 14.7. The second-order valence-electron chi connectivity index (χ2n) is 6.68. The van der Waals surface area contributed by atoms with Gasteiger partial charge < -0.3 is 30.6 Å². The first-order valence-electron chi connectivity index (χ1n) is 9.51. The third kappa shape index (κ3) is 6.05. The topological polar surface area (TPSA) is 146 Å². The summed E-state index contributed by atoms with van der Waals surface area (Å²) in [5.41, 5.74) is 7.58. The van der Waals surface area contributed by atoms with Gasteiger partial charge >= 0.3 is 11.9 Å². The van der Waals surface area contributed by atoms with E-state index in [2.05, 4.69) is 15.4 Å². The van der Waals surface area contributed by atoms with Gasteiger partial charge in [0.15, 0.2) is 0 Å². The number of benzene rings is 1. The van der Waals surface area contributed by atoms with Crippen molar-refractivity contribution in [1.29, 1.82) is 0 Å². The molecule has 2 rings (SSSR count). The lowest BCUT2D eigenvalue weighted by atomic mass is 10.1. The van der Waals surface area contributed by atoms with E-state index < -0.39 is 23.8 Å². The SMILES string of the molecule is COCCOC(=O)c1c(NC(=O)CNc2ccc(C(=O)OC)cc2C)sc(C(N)=O)c1C. The van der Waals surface area contributed by atoms with Crippen molar-refractivity contribution in [2.75, 3.05) is 44.6 Å².